The Morgan fingerprint density at radius 2 is 2.00 bits per heavy atom. The Labute approximate surface area is 122 Å². The van der Waals surface area contributed by atoms with Crippen molar-refractivity contribution >= 4 is 5.97 Å². The molecule has 22 heavy (non-hydrogen) atoms. The summed E-state index contributed by atoms with van der Waals surface area (Å²) in [5, 5.41) is 8.82. The first-order chi connectivity index (χ1) is 10.2. The van der Waals surface area contributed by atoms with Crippen molar-refractivity contribution in [2.75, 3.05) is 6.61 Å². The van der Waals surface area contributed by atoms with Gasteiger partial charge >= 0.3 is 12.3 Å². The summed E-state index contributed by atoms with van der Waals surface area (Å²) in [4.78, 5) is 11.3. The van der Waals surface area contributed by atoms with Crippen LogP contribution in [0.25, 0.3) is 0 Å². The molecule has 0 aliphatic carbocycles. The Hall–Kier alpha value is -2.37. The van der Waals surface area contributed by atoms with Crippen molar-refractivity contribution in [1.29, 1.82) is 5.26 Å². The van der Waals surface area contributed by atoms with Gasteiger partial charge in [-0.25, -0.2) is 8.78 Å². The molecule has 0 aliphatic heterocycles. The minimum Gasteiger partial charge on any atom is -0.466 e. The third kappa shape index (κ3) is 4.87. The zero-order chi connectivity index (χ0) is 16.9. The predicted octanol–water partition coefficient (Wildman–Crippen LogP) is 3.50. The van der Waals surface area contributed by atoms with E-state index in [0.717, 1.165) is 6.07 Å². The maximum Gasteiger partial charge on any atom is 0.573 e. The van der Waals surface area contributed by atoms with Crippen LogP contribution in [0.5, 0.6) is 5.75 Å². The van der Waals surface area contributed by atoms with Gasteiger partial charge in [-0.15, -0.1) is 13.2 Å². The number of halogens is 5. The fourth-order valence-electron chi connectivity index (χ4n) is 1.69. The zero-order valence-corrected chi connectivity index (χ0v) is 11.2. The van der Waals surface area contributed by atoms with E-state index in [-0.39, 0.29) is 12.2 Å². The Bertz CT molecular complexity index is 593. The number of nitrogens with zero attached hydrogens (tertiary/aromatic N) is 1. The lowest BCUT2D eigenvalue weighted by atomic mass is 10.0. The van der Waals surface area contributed by atoms with E-state index in [1.54, 1.807) is 0 Å². The SMILES string of the molecule is CCOC(=O)Cc1cc(C#N)c(C(F)F)c(OC(F)(F)F)c1. The van der Waals surface area contributed by atoms with E-state index in [1.165, 1.54) is 13.0 Å². The van der Waals surface area contributed by atoms with Crippen LogP contribution < -0.4 is 4.74 Å². The summed E-state index contributed by atoms with van der Waals surface area (Å²) in [6.07, 6.45) is -9.03. The molecule has 4 nitrogen and oxygen atoms in total. The molecule has 0 atom stereocenters. The van der Waals surface area contributed by atoms with E-state index in [9.17, 15) is 26.7 Å². The van der Waals surface area contributed by atoms with Gasteiger partial charge < -0.3 is 9.47 Å². The molecular formula is C13H10F5NO3. The van der Waals surface area contributed by atoms with Gasteiger partial charge in [-0.05, 0) is 24.6 Å². The molecule has 0 heterocycles. The Morgan fingerprint density at radius 3 is 2.45 bits per heavy atom. The highest BCUT2D eigenvalue weighted by Crippen LogP contribution is 2.36. The van der Waals surface area contributed by atoms with Gasteiger partial charge in [0.2, 0.25) is 0 Å². The average Bonchev–Trinajstić information content (AvgIpc) is 2.35. The monoisotopic (exact) mass is 323 g/mol. The van der Waals surface area contributed by atoms with Crippen molar-refractivity contribution in [1.82, 2.24) is 0 Å². The predicted molar refractivity (Wildman–Crippen MR) is 63.1 cm³/mol. The number of carbonyl (C=O) groups excluding carboxylic acids is 1. The maximum absolute atomic E-state index is 12.9. The fraction of sp³-hybridized carbons (Fsp3) is 0.385. The smallest absolute Gasteiger partial charge is 0.466 e. The zero-order valence-electron chi connectivity index (χ0n) is 11.2. The summed E-state index contributed by atoms with van der Waals surface area (Å²) < 4.78 is 70.8. The second kappa shape index (κ2) is 7.06. The third-order valence-electron chi connectivity index (χ3n) is 2.42. The van der Waals surface area contributed by atoms with E-state index < -0.39 is 42.1 Å². The Morgan fingerprint density at radius 1 is 1.36 bits per heavy atom. The number of nitriles is 1. The molecule has 1 aromatic carbocycles. The number of carbonyl (C=O) groups is 1. The van der Waals surface area contributed by atoms with Crippen molar-refractivity contribution in [3.63, 3.8) is 0 Å². The molecule has 0 fully saturated rings. The first-order valence-corrected chi connectivity index (χ1v) is 5.94. The van der Waals surface area contributed by atoms with Crippen LogP contribution in [-0.2, 0) is 16.0 Å². The van der Waals surface area contributed by atoms with Crippen LogP contribution in [0.4, 0.5) is 22.0 Å². The number of ether oxygens (including phenoxy) is 2. The van der Waals surface area contributed by atoms with Gasteiger partial charge in [0, 0.05) is 0 Å². The van der Waals surface area contributed by atoms with E-state index in [4.69, 9.17) is 5.26 Å². The molecule has 0 unspecified atom stereocenters. The molecular weight excluding hydrogens is 313 g/mol. The van der Waals surface area contributed by atoms with Crippen LogP contribution in [0, 0.1) is 11.3 Å². The largest absolute Gasteiger partial charge is 0.573 e. The van der Waals surface area contributed by atoms with Crippen LogP contribution in [0.1, 0.15) is 30.0 Å². The topological polar surface area (TPSA) is 59.3 Å². The summed E-state index contributed by atoms with van der Waals surface area (Å²) in [5.41, 5.74) is -1.97. The number of benzene rings is 1. The highest BCUT2D eigenvalue weighted by Gasteiger charge is 2.34. The molecule has 120 valence electrons. The van der Waals surface area contributed by atoms with Gasteiger partial charge in [-0.3, -0.25) is 4.79 Å². The molecule has 0 aromatic heterocycles. The van der Waals surface area contributed by atoms with Crippen molar-refractivity contribution in [3.05, 3.63) is 28.8 Å². The van der Waals surface area contributed by atoms with E-state index in [2.05, 4.69) is 9.47 Å². The number of esters is 1. The van der Waals surface area contributed by atoms with Crippen LogP contribution in [0.3, 0.4) is 0 Å². The van der Waals surface area contributed by atoms with Crippen LogP contribution >= 0.6 is 0 Å². The molecule has 0 N–H and O–H groups in total. The molecule has 0 spiro atoms. The van der Waals surface area contributed by atoms with Gasteiger partial charge in [-0.1, -0.05) is 0 Å². The van der Waals surface area contributed by atoms with Crippen molar-refractivity contribution in [2.24, 2.45) is 0 Å². The number of hydrogen-bond acceptors (Lipinski definition) is 4. The van der Waals surface area contributed by atoms with Crippen molar-refractivity contribution in [2.45, 2.75) is 26.1 Å². The lowest BCUT2D eigenvalue weighted by molar-refractivity contribution is -0.275. The second-order valence-electron chi connectivity index (χ2n) is 4.00. The van der Waals surface area contributed by atoms with Gasteiger partial charge in [0.05, 0.1) is 30.2 Å². The van der Waals surface area contributed by atoms with Crippen molar-refractivity contribution < 1.29 is 36.2 Å². The lowest BCUT2D eigenvalue weighted by Gasteiger charge is -2.15. The van der Waals surface area contributed by atoms with E-state index in [0.29, 0.717) is 6.07 Å². The van der Waals surface area contributed by atoms with Crippen LogP contribution in [0.15, 0.2) is 12.1 Å². The average molecular weight is 323 g/mol. The standard InChI is InChI=1S/C13H10F5NO3/c1-2-21-10(20)5-7-3-8(6-19)11(12(14)15)9(4-7)22-13(16,17)18/h3-4,12H,2,5H2,1H3. The van der Waals surface area contributed by atoms with E-state index >= 15 is 0 Å². The summed E-state index contributed by atoms with van der Waals surface area (Å²) in [6.45, 7) is 1.57. The van der Waals surface area contributed by atoms with Gasteiger partial charge in [0.1, 0.15) is 5.75 Å². The van der Waals surface area contributed by atoms with Crippen LogP contribution in [0.2, 0.25) is 0 Å². The molecule has 0 saturated heterocycles. The number of alkyl halides is 5. The molecule has 0 radical (unpaired) electrons. The summed E-state index contributed by atoms with van der Waals surface area (Å²) in [5.74, 6) is -1.98. The fourth-order valence-corrected chi connectivity index (χ4v) is 1.69. The summed E-state index contributed by atoms with van der Waals surface area (Å²) in [6, 6.07) is 2.92. The Kier molecular flexibility index (Phi) is 5.68. The molecule has 1 aromatic rings. The quantitative estimate of drug-likeness (QED) is 0.615. The minimum atomic E-state index is -5.21. The van der Waals surface area contributed by atoms with Gasteiger partial charge in [0.15, 0.2) is 0 Å². The molecule has 9 heteroatoms. The van der Waals surface area contributed by atoms with Crippen molar-refractivity contribution in [3.8, 4) is 11.8 Å². The van der Waals surface area contributed by atoms with Gasteiger partial charge in [-0.2, -0.15) is 5.26 Å². The molecule has 0 saturated carbocycles. The lowest BCUT2D eigenvalue weighted by Crippen LogP contribution is -2.19. The molecule has 0 bridgehead atoms. The summed E-state index contributed by atoms with van der Waals surface area (Å²) in [7, 11) is 0. The van der Waals surface area contributed by atoms with Gasteiger partial charge in [0.25, 0.3) is 6.43 Å². The Balaban J connectivity index is 3.31. The normalized spacial score (nSPS) is 11.2. The molecule has 0 aliphatic rings. The summed E-state index contributed by atoms with van der Waals surface area (Å²) >= 11 is 0. The molecule has 0 amide bonds. The first kappa shape index (κ1) is 17.7. The number of rotatable bonds is 5. The highest BCUT2D eigenvalue weighted by atomic mass is 19.4. The van der Waals surface area contributed by atoms with E-state index in [1.807, 2.05) is 0 Å². The van der Waals surface area contributed by atoms with Crippen LogP contribution in [-0.4, -0.2) is 18.9 Å². The minimum absolute atomic E-state index is 0.0466. The third-order valence-corrected chi connectivity index (χ3v) is 2.42. The second-order valence-corrected chi connectivity index (χ2v) is 4.00. The number of hydrogen-bond donors (Lipinski definition) is 0. The maximum atomic E-state index is 12.9. The first-order valence-electron chi connectivity index (χ1n) is 5.94. The highest BCUT2D eigenvalue weighted by molar-refractivity contribution is 5.73. The molecule has 1 rings (SSSR count).